The van der Waals surface area contributed by atoms with Crippen molar-refractivity contribution < 1.29 is 19.4 Å². The summed E-state index contributed by atoms with van der Waals surface area (Å²) >= 11 is 0. The molecule has 0 saturated carbocycles. The standard InChI is InChI=1S/C24H27N5O4/c1-14-21(22(31)29-20(12-25)23(32)33-3)15(2)28-24(27-14)26-13-17-6-4-5-7-19(17)16-8-10-18(30)11-9-16/h4-11,20,30H,12-13,25H2,1-3H3,(H,29,31)(H,26,27,28)/t20-/m0/s1. The van der Waals surface area contributed by atoms with Gasteiger partial charge in [-0.1, -0.05) is 36.4 Å². The zero-order valence-electron chi connectivity index (χ0n) is 18.8. The Balaban J connectivity index is 1.77. The van der Waals surface area contributed by atoms with E-state index in [1.807, 2.05) is 36.4 Å². The number of rotatable bonds is 8. The molecule has 5 N–H and O–H groups in total. The van der Waals surface area contributed by atoms with Crippen LogP contribution in [0, 0.1) is 13.8 Å². The van der Waals surface area contributed by atoms with Crippen molar-refractivity contribution >= 4 is 17.8 Å². The maximum Gasteiger partial charge on any atom is 0.329 e. The topological polar surface area (TPSA) is 139 Å². The second kappa shape index (κ2) is 10.6. The smallest absolute Gasteiger partial charge is 0.329 e. The number of hydrogen-bond donors (Lipinski definition) is 4. The van der Waals surface area contributed by atoms with Gasteiger partial charge in [0.25, 0.3) is 5.91 Å². The summed E-state index contributed by atoms with van der Waals surface area (Å²) in [6.07, 6.45) is 0. The molecule has 0 spiro atoms. The van der Waals surface area contributed by atoms with Crippen LogP contribution < -0.4 is 16.4 Å². The first-order valence-corrected chi connectivity index (χ1v) is 10.4. The van der Waals surface area contributed by atoms with Crippen LogP contribution in [0.4, 0.5) is 5.95 Å². The molecule has 1 atom stereocenters. The Labute approximate surface area is 192 Å². The van der Waals surface area contributed by atoms with Crippen molar-refractivity contribution in [2.45, 2.75) is 26.4 Å². The van der Waals surface area contributed by atoms with Crippen molar-refractivity contribution in [3.63, 3.8) is 0 Å². The number of aryl methyl sites for hydroxylation is 2. The number of carbonyl (C=O) groups excluding carboxylic acids is 2. The van der Waals surface area contributed by atoms with E-state index in [1.54, 1.807) is 26.0 Å². The number of nitrogens with two attached hydrogens (primary N) is 1. The lowest BCUT2D eigenvalue weighted by Crippen LogP contribution is -2.46. The van der Waals surface area contributed by atoms with Crippen LogP contribution in [-0.2, 0) is 16.1 Å². The summed E-state index contributed by atoms with van der Waals surface area (Å²) in [5.74, 6) is -0.518. The van der Waals surface area contributed by atoms with Crippen molar-refractivity contribution in [1.29, 1.82) is 0 Å². The number of nitrogens with zero attached hydrogens (tertiary/aromatic N) is 2. The highest BCUT2D eigenvalue weighted by Gasteiger charge is 2.23. The molecule has 9 heteroatoms. The van der Waals surface area contributed by atoms with Crippen LogP contribution >= 0.6 is 0 Å². The van der Waals surface area contributed by atoms with E-state index in [0.29, 0.717) is 23.9 Å². The van der Waals surface area contributed by atoms with Gasteiger partial charge < -0.3 is 26.2 Å². The molecular weight excluding hydrogens is 422 g/mol. The summed E-state index contributed by atoms with van der Waals surface area (Å²) in [6, 6.07) is 14.0. The number of phenols is 1. The predicted molar refractivity (Wildman–Crippen MR) is 125 cm³/mol. The Hall–Kier alpha value is -3.98. The highest BCUT2D eigenvalue weighted by atomic mass is 16.5. The lowest BCUT2D eigenvalue weighted by atomic mass is 9.99. The number of phenolic OH excluding ortho intramolecular Hbond substituents is 1. The maximum absolute atomic E-state index is 12.7. The number of esters is 1. The van der Waals surface area contributed by atoms with E-state index >= 15 is 0 Å². The second-order valence-electron chi connectivity index (χ2n) is 7.44. The quantitative estimate of drug-likeness (QED) is 0.384. The Morgan fingerprint density at radius 1 is 1.06 bits per heavy atom. The van der Waals surface area contributed by atoms with E-state index in [0.717, 1.165) is 16.7 Å². The highest BCUT2D eigenvalue weighted by molar-refractivity contribution is 5.98. The molecule has 0 aliphatic rings. The SMILES string of the molecule is COC(=O)[C@H](CN)NC(=O)c1c(C)nc(NCc2ccccc2-c2ccc(O)cc2)nc1C. The fourth-order valence-corrected chi connectivity index (χ4v) is 3.48. The number of aromatic nitrogens is 2. The van der Waals surface area contributed by atoms with Gasteiger partial charge in [-0.15, -0.1) is 0 Å². The monoisotopic (exact) mass is 449 g/mol. The molecule has 0 radical (unpaired) electrons. The number of anilines is 1. The van der Waals surface area contributed by atoms with Gasteiger partial charge in [-0.05, 0) is 42.7 Å². The molecule has 0 aliphatic carbocycles. The normalized spacial score (nSPS) is 11.5. The minimum absolute atomic E-state index is 0.0859. The lowest BCUT2D eigenvalue weighted by molar-refractivity contribution is -0.142. The molecular formula is C24H27N5O4. The summed E-state index contributed by atoms with van der Waals surface area (Å²) in [5.41, 5.74) is 9.80. The van der Waals surface area contributed by atoms with Crippen LogP contribution in [0.3, 0.4) is 0 Å². The Morgan fingerprint density at radius 3 is 2.30 bits per heavy atom. The zero-order valence-corrected chi connectivity index (χ0v) is 18.8. The second-order valence-corrected chi connectivity index (χ2v) is 7.44. The maximum atomic E-state index is 12.7. The molecule has 9 nitrogen and oxygen atoms in total. The van der Waals surface area contributed by atoms with Crippen LogP contribution in [0.15, 0.2) is 48.5 Å². The third-order valence-corrected chi connectivity index (χ3v) is 5.16. The van der Waals surface area contributed by atoms with Gasteiger partial charge in [0.15, 0.2) is 0 Å². The fourth-order valence-electron chi connectivity index (χ4n) is 3.48. The lowest BCUT2D eigenvalue weighted by Gasteiger charge is -2.17. The van der Waals surface area contributed by atoms with Gasteiger partial charge in [-0.2, -0.15) is 0 Å². The van der Waals surface area contributed by atoms with Crippen LogP contribution in [0.1, 0.15) is 27.3 Å². The van der Waals surface area contributed by atoms with Crippen LogP contribution in [-0.4, -0.2) is 46.6 Å². The van der Waals surface area contributed by atoms with Crippen LogP contribution in [0.2, 0.25) is 0 Å². The van der Waals surface area contributed by atoms with Crippen molar-refractivity contribution in [1.82, 2.24) is 15.3 Å². The number of nitrogens with one attached hydrogen (secondary N) is 2. The molecule has 0 saturated heterocycles. The van der Waals surface area contributed by atoms with E-state index in [1.165, 1.54) is 7.11 Å². The number of ether oxygens (including phenoxy) is 1. The van der Waals surface area contributed by atoms with E-state index in [9.17, 15) is 14.7 Å². The molecule has 3 rings (SSSR count). The number of hydrogen-bond acceptors (Lipinski definition) is 8. The van der Waals surface area contributed by atoms with E-state index < -0.39 is 17.9 Å². The Kier molecular flexibility index (Phi) is 7.57. The molecule has 1 amide bonds. The molecule has 0 aliphatic heterocycles. The zero-order chi connectivity index (χ0) is 24.0. The van der Waals surface area contributed by atoms with Gasteiger partial charge in [-0.25, -0.2) is 14.8 Å². The largest absolute Gasteiger partial charge is 0.508 e. The van der Waals surface area contributed by atoms with E-state index in [2.05, 4.69) is 25.3 Å². The van der Waals surface area contributed by atoms with Crippen LogP contribution in [0.5, 0.6) is 5.75 Å². The third-order valence-electron chi connectivity index (χ3n) is 5.16. The summed E-state index contributed by atoms with van der Waals surface area (Å²) in [4.78, 5) is 33.3. The molecule has 0 fully saturated rings. The highest BCUT2D eigenvalue weighted by Crippen LogP contribution is 2.26. The molecule has 33 heavy (non-hydrogen) atoms. The van der Waals surface area contributed by atoms with E-state index in [4.69, 9.17) is 5.73 Å². The first kappa shape index (κ1) is 23.7. The summed E-state index contributed by atoms with van der Waals surface area (Å²) in [6.45, 7) is 3.78. The molecule has 1 heterocycles. The van der Waals surface area contributed by atoms with Gasteiger partial charge in [0, 0.05) is 13.1 Å². The number of methoxy groups -OCH3 is 1. The van der Waals surface area contributed by atoms with E-state index in [-0.39, 0.29) is 17.9 Å². The van der Waals surface area contributed by atoms with Crippen LogP contribution in [0.25, 0.3) is 11.1 Å². The van der Waals surface area contributed by atoms with Gasteiger partial charge >= 0.3 is 5.97 Å². The summed E-state index contributed by atoms with van der Waals surface area (Å²) in [5, 5.41) is 15.3. The van der Waals surface area contributed by atoms with Crippen molar-refractivity contribution in [3.05, 3.63) is 71.0 Å². The molecule has 0 bridgehead atoms. The minimum Gasteiger partial charge on any atom is -0.508 e. The molecule has 1 aromatic heterocycles. The number of benzene rings is 2. The molecule has 3 aromatic rings. The van der Waals surface area contributed by atoms with Crippen molar-refractivity contribution in [3.8, 4) is 16.9 Å². The number of aromatic hydroxyl groups is 1. The average molecular weight is 450 g/mol. The third kappa shape index (κ3) is 5.64. The summed E-state index contributed by atoms with van der Waals surface area (Å²) in [7, 11) is 1.23. The summed E-state index contributed by atoms with van der Waals surface area (Å²) < 4.78 is 4.65. The van der Waals surface area contributed by atoms with Crippen molar-refractivity contribution in [2.75, 3.05) is 19.0 Å². The van der Waals surface area contributed by atoms with Gasteiger partial charge in [-0.3, -0.25) is 4.79 Å². The van der Waals surface area contributed by atoms with Crippen molar-refractivity contribution in [2.24, 2.45) is 5.73 Å². The fraction of sp³-hybridized carbons (Fsp3) is 0.250. The van der Waals surface area contributed by atoms with Gasteiger partial charge in [0.05, 0.1) is 24.1 Å². The molecule has 0 unspecified atom stereocenters. The minimum atomic E-state index is -0.949. The predicted octanol–water partition coefficient (Wildman–Crippen LogP) is 2.31. The number of amides is 1. The molecule has 2 aromatic carbocycles. The van der Waals surface area contributed by atoms with Gasteiger partial charge in [0.2, 0.25) is 5.95 Å². The number of carbonyl (C=O) groups is 2. The van der Waals surface area contributed by atoms with Gasteiger partial charge in [0.1, 0.15) is 11.8 Å². The first-order valence-electron chi connectivity index (χ1n) is 10.4. The Bertz CT molecular complexity index is 1120. The average Bonchev–Trinajstić information content (AvgIpc) is 2.81. The first-order chi connectivity index (χ1) is 15.8. The molecule has 172 valence electrons. The Morgan fingerprint density at radius 2 is 1.70 bits per heavy atom.